The molecule has 25 heavy (non-hydrogen) atoms. The van der Waals surface area contributed by atoms with Gasteiger partial charge in [0.15, 0.2) is 17.6 Å². The zero-order valence-electron chi connectivity index (χ0n) is 15.0. The number of hydrogen-bond acceptors (Lipinski definition) is 4. The van der Waals surface area contributed by atoms with Gasteiger partial charge in [0.1, 0.15) is 12.4 Å². The quantitative estimate of drug-likeness (QED) is 0.710. The molecule has 0 aromatic heterocycles. The number of amides is 1. The molecule has 0 saturated carbocycles. The summed E-state index contributed by atoms with van der Waals surface area (Å²) in [5.74, 6) is 1.79. The predicted molar refractivity (Wildman–Crippen MR) is 97.4 cm³/mol. The zero-order chi connectivity index (χ0) is 18.1. The van der Waals surface area contributed by atoms with Gasteiger partial charge in [0.05, 0.1) is 13.7 Å². The molecular weight excluding hydrogens is 318 g/mol. The number of ether oxygens (including phenoxy) is 3. The van der Waals surface area contributed by atoms with Crippen molar-refractivity contribution in [2.45, 2.75) is 26.4 Å². The van der Waals surface area contributed by atoms with Gasteiger partial charge in [0.25, 0.3) is 5.91 Å². The Kier molecular flexibility index (Phi) is 7.14. The molecule has 0 radical (unpaired) electrons. The molecule has 1 N–H and O–H groups in total. The highest BCUT2D eigenvalue weighted by molar-refractivity contribution is 5.81. The smallest absolute Gasteiger partial charge is 0.261 e. The number of rotatable bonds is 9. The molecule has 2 rings (SSSR count). The van der Waals surface area contributed by atoms with Crippen LogP contribution in [0.3, 0.4) is 0 Å². The lowest BCUT2D eigenvalue weighted by Gasteiger charge is -2.19. The number of carbonyl (C=O) groups excluding carboxylic acids is 1. The average Bonchev–Trinajstić information content (AvgIpc) is 2.64. The maximum atomic E-state index is 12.3. The van der Waals surface area contributed by atoms with Crippen LogP contribution in [0.4, 0.5) is 0 Å². The Balaban J connectivity index is 1.80. The van der Waals surface area contributed by atoms with E-state index in [0.717, 1.165) is 5.75 Å². The molecule has 5 heteroatoms. The van der Waals surface area contributed by atoms with E-state index >= 15 is 0 Å². The molecule has 134 valence electrons. The first-order valence-corrected chi connectivity index (χ1v) is 8.41. The van der Waals surface area contributed by atoms with Crippen LogP contribution in [0.25, 0.3) is 0 Å². The average molecular weight is 343 g/mol. The van der Waals surface area contributed by atoms with Crippen molar-refractivity contribution in [1.29, 1.82) is 0 Å². The number of methoxy groups -OCH3 is 1. The SMILES string of the molecule is CC[C@H](Oc1ccccc1OC)C(=O)NCCOc1ccc(C)cc1. The van der Waals surface area contributed by atoms with Crippen LogP contribution in [0.1, 0.15) is 18.9 Å². The first-order valence-electron chi connectivity index (χ1n) is 8.41. The van der Waals surface area contributed by atoms with Crippen molar-refractivity contribution in [3.8, 4) is 17.2 Å². The predicted octanol–water partition coefficient (Wildman–Crippen LogP) is 3.36. The third-order valence-corrected chi connectivity index (χ3v) is 3.69. The second kappa shape index (κ2) is 9.57. The molecule has 0 bridgehead atoms. The van der Waals surface area contributed by atoms with Crippen LogP contribution in [0.2, 0.25) is 0 Å². The molecule has 1 amide bonds. The van der Waals surface area contributed by atoms with Crippen molar-refractivity contribution in [1.82, 2.24) is 5.32 Å². The van der Waals surface area contributed by atoms with Gasteiger partial charge in [0, 0.05) is 0 Å². The van der Waals surface area contributed by atoms with Crippen LogP contribution in [0.15, 0.2) is 48.5 Å². The molecule has 0 heterocycles. The minimum Gasteiger partial charge on any atom is -0.493 e. The molecule has 0 spiro atoms. The summed E-state index contributed by atoms with van der Waals surface area (Å²) in [6.07, 6.45) is -0.0152. The third-order valence-electron chi connectivity index (χ3n) is 3.69. The lowest BCUT2D eigenvalue weighted by atomic mass is 10.2. The van der Waals surface area contributed by atoms with Gasteiger partial charge in [-0.05, 0) is 37.6 Å². The summed E-state index contributed by atoms with van der Waals surface area (Å²) in [7, 11) is 1.58. The normalized spacial score (nSPS) is 11.5. The number of aryl methyl sites for hydroxylation is 1. The second-order valence-corrected chi connectivity index (χ2v) is 5.62. The van der Waals surface area contributed by atoms with Gasteiger partial charge in [-0.3, -0.25) is 4.79 Å². The van der Waals surface area contributed by atoms with Gasteiger partial charge in [-0.25, -0.2) is 0 Å². The molecule has 1 atom stereocenters. The molecule has 0 unspecified atom stereocenters. The van der Waals surface area contributed by atoms with Crippen LogP contribution in [-0.4, -0.2) is 32.3 Å². The van der Waals surface area contributed by atoms with Crippen LogP contribution in [0.5, 0.6) is 17.2 Å². The number of carbonyl (C=O) groups is 1. The highest BCUT2D eigenvalue weighted by Gasteiger charge is 2.19. The Hall–Kier alpha value is -2.69. The van der Waals surface area contributed by atoms with Gasteiger partial charge < -0.3 is 19.5 Å². The van der Waals surface area contributed by atoms with E-state index in [1.165, 1.54) is 5.56 Å². The fraction of sp³-hybridized carbons (Fsp3) is 0.350. The van der Waals surface area contributed by atoms with E-state index < -0.39 is 6.10 Å². The summed E-state index contributed by atoms with van der Waals surface area (Å²) in [6, 6.07) is 15.1. The van der Waals surface area contributed by atoms with Crippen molar-refractivity contribution >= 4 is 5.91 Å². The molecule has 5 nitrogen and oxygen atoms in total. The summed E-state index contributed by atoms with van der Waals surface area (Å²) in [5, 5.41) is 2.84. The van der Waals surface area contributed by atoms with Gasteiger partial charge in [-0.1, -0.05) is 36.8 Å². The lowest BCUT2D eigenvalue weighted by Crippen LogP contribution is -2.39. The van der Waals surface area contributed by atoms with Crippen molar-refractivity contribution in [2.24, 2.45) is 0 Å². The highest BCUT2D eigenvalue weighted by Crippen LogP contribution is 2.27. The first-order chi connectivity index (χ1) is 12.1. The van der Waals surface area contributed by atoms with Crippen molar-refractivity contribution in [2.75, 3.05) is 20.3 Å². The highest BCUT2D eigenvalue weighted by atomic mass is 16.5. The topological polar surface area (TPSA) is 56.8 Å². The zero-order valence-corrected chi connectivity index (χ0v) is 15.0. The van der Waals surface area contributed by atoms with E-state index in [1.807, 2.05) is 50.2 Å². The monoisotopic (exact) mass is 343 g/mol. The van der Waals surface area contributed by atoms with Gasteiger partial charge in [-0.2, -0.15) is 0 Å². The third kappa shape index (κ3) is 5.71. The Bertz CT molecular complexity index is 670. The molecule has 0 saturated heterocycles. The van der Waals surface area contributed by atoms with Crippen molar-refractivity contribution in [3.05, 3.63) is 54.1 Å². The van der Waals surface area contributed by atoms with E-state index in [4.69, 9.17) is 14.2 Å². The Morgan fingerprint density at radius 1 is 1.08 bits per heavy atom. The van der Waals surface area contributed by atoms with Gasteiger partial charge >= 0.3 is 0 Å². The molecular formula is C20H25NO4. The summed E-state index contributed by atoms with van der Waals surface area (Å²) in [4.78, 5) is 12.3. The number of nitrogens with one attached hydrogen (secondary N) is 1. The summed E-state index contributed by atoms with van der Waals surface area (Å²) in [5.41, 5.74) is 1.18. The van der Waals surface area contributed by atoms with Crippen LogP contribution < -0.4 is 19.5 Å². The Morgan fingerprint density at radius 2 is 1.76 bits per heavy atom. The van der Waals surface area contributed by atoms with Crippen LogP contribution in [0, 0.1) is 6.92 Å². The minimum atomic E-state index is -0.573. The number of para-hydroxylation sites is 2. The molecule has 0 aliphatic carbocycles. The van der Waals surface area contributed by atoms with Crippen LogP contribution in [-0.2, 0) is 4.79 Å². The fourth-order valence-corrected chi connectivity index (χ4v) is 2.28. The maximum Gasteiger partial charge on any atom is 0.261 e. The Labute approximate surface area is 148 Å². The minimum absolute atomic E-state index is 0.166. The van der Waals surface area contributed by atoms with Gasteiger partial charge in [-0.15, -0.1) is 0 Å². The number of hydrogen-bond donors (Lipinski definition) is 1. The van der Waals surface area contributed by atoms with E-state index in [9.17, 15) is 4.79 Å². The molecule has 0 fully saturated rings. The van der Waals surface area contributed by atoms with E-state index in [2.05, 4.69) is 5.32 Å². The van der Waals surface area contributed by atoms with E-state index in [0.29, 0.717) is 31.1 Å². The summed E-state index contributed by atoms with van der Waals surface area (Å²) >= 11 is 0. The summed E-state index contributed by atoms with van der Waals surface area (Å²) in [6.45, 7) is 4.75. The van der Waals surface area contributed by atoms with E-state index in [-0.39, 0.29) is 5.91 Å². The maximum absolute atomic E-state index is 12.3. The first kappa shape index (κ1) is 18.6. The standard InChI is InChI=1S/C20H25NO4/c1-4-17(25-19-8-6-5-7-18(19)23-3)20(22)21-13-14-24-16-11-9-15(2)10-12-16/h5-12,17H,4,13-14H2,1-3H3,(H,21,22)/t17-/m0/s1. The summed E-state index contributed by atoms with van der Waals surface area (Å²) < 4.78 is 16.7. The van der Waals surface area contributed by atoms with Crippen molar-refractivity contribution < 1.29 is 19.0 Å². The molecule has 2 aromatic carbocycles. The van der Waals surface area contributed by atoms with Gasteiger partial charge in [0.2, 0.25) is 0 Å². The second-order valence-electron chi connectivity index (χ2n) is 5.62. The fourth-order valence-electron chi connectivity index (χ4n) is 2.28. The van der Waals surface area contributed by atoms with Crippen LogP contribution >= 0.6 is 0 Å². The molecule has 0 aliphatic heterocycles. The molecule has 0 aliphatic rings. The van der Waals surface area contributed by atoms with E-state index in [1.54, 1.807) is 19.2 Å². The lowest BCUT2D eigenvalue weighted by molar-refractivity contribution is -0.128. The molecule has 2 aromatic rings. The number of benzene rings is 2. The van der Waals surface area contributed by atoms with Crippen molar-refractivity contribution in [3.63, 3.8) is 0 Å². The Morgan fingerprint density at radius 3 is 2.40 bits per heavy atom. The largest absolute Gasteiger partial charge is 0.493 e.